The van der Waals surface area contributed by atoms with Crippen molar-refractivity contribution < 1.29 is 24.9 Å². The molecule has 92 valence electrons. The largest absolute Gasteiger partial charge is 0.511 e. The molecule has 0 spiro atoms. The highest BCUT2D eigenvalue weighted by atomic mass is 16.6. The summed E-state index contributed by atoms with van der Waals surface area (Å²) in [7, 11) is 0. The zero-order valence-electron chi connectivity index (χ0n) is 8.56. The van der Waals surface area contributed by atoms with Crippen molar-refractivity contribution in [2.24, 2.45) is 5.92 Å². The topological polar surface area (TPSA) is 144 Å². The molecule has 1 aliphatic carbocycles. The van der Waals surface area contributed by atoms with Gasteiger partial charge in [0.25, 0.3) is 5.70 Å². The van der Waals surface area contributed by atoms with Crippen LogP contribution in [0.1, 0.15) is 6.92 Å². The molecule has 0 saturated heterocycles. The van der Waals surface area contributed by atoms with Crippen LogP contribution in [0.5, 0.6) is 0 Å². The summed E-state index contributed by atoms with van der Waals surface area (Å²) in [6.07, 6.45) is 1.13. The number of rotatable bonds is 3. The van der Waals surface area contributed by atoms with E-state index in [4.69, 9.17) is 5.11 Å². The molecule has 0 saturated carbocycles. The van der Waals surface area contributed by atoms with Crippen molar-refractivity contribution in [3.63, 3.8) is 0 Å². The minimum atomic E-state index is -2.72. The molecule has 0 heterocycles. The lowest BCUT2D eigenvalue weighted by Crippen LogP contribution is -2.52. The molecule has 1 aliphatic rings. The van der Waals surface area contributed by atoms with E-state index in [1.165, 1.54) is 0 Å². The van der Waals surface area contributed by atoms with Gasteiger partial charge in [0.15, 0.2) is 0 Å². The molecule has 2 atom stereocenters. The minimum Gasteiger partial charge on any atom is -0.511 e. The predicted molar refractivity (Wildman–Crippen MR) is 52.3 cm³/mol. The molecular weight excluding hydrogens is 236 g/mol. The van der Waals surface area contributed by atoms with Crippen molar-refractivity contribution in [1.82, 2.24) is 0 Å². The third-order valence-electron chi connectivity index (χ3n) is 2.62. The van der Waals surface area contributed by atoms with Gasteiger partial charge in [0, 0.05) is 4.92 Å². The average Bonchev–Trinajstić information content (AvgIpc) is 2.20. The van der Waals surface area contributed by atoms with Crippen LogP contribution in [0.4, 0.5) is 0 Å². The Hall–Kier alpha value is -2.45. The molecule has 9 heteroatoms. The smallest absolute Gasteiger partial charge is 0.387 e. The van der Waals surface area contributed by atoms with Gasteiger partial charge < -0.3 is 10.2 Å². The lowest BCUT2D eigenvalue weighted by atomic mass is 9.80. The van der Waals surface area contributed by atoms with E-state index < -0.39 is 38.7 Å². The van der Waals surface area contributed by atoms with Crippen molar-refractivity contribution in [2.45, 2.75) is 12.5 Å². The zero-order valence-corrected chi connectivity index (χ0v) is 8.56. The molecule has 17 heavy (non-hydrogen) atoms. The summed E-state index contributed by atoms with van der Waals surface area (Å²) in [5.41, 5.74) is -3.54. The van der Waals surface area contributed by atoms with Gasteiger partial charge in [0.2, 0.25) is 0 Å². The van der Waals surface area contributed by atoms with E-state index in [1.54, 1.807) is 0 Å². The van der Waals surface area contributed by atoms with Crippen LogP contribution in [0.2, 0.25) is 0 Å². The normalized spacial score (nSPS) is 27.9. The van der Waals surface area contributed by atoms with E-state index in [9.17, 15) is 30.1 Å². The van der Waals surface area contributed by atoms with Crippen LogP contribution in [0.3, 0.4) is 0 Å². The summed E-state index contributed by atoms with van der Waals surface area (Å²) in [6, 6.07) is 0. The monoisotopic (exact) mass is 244 g/mol. The van der Waals surface area contributed by atoms with Gasteiger partial charge in [0.1, 0.15) is 5.76 Å². The van der Waals surface area contributed by atoms with Crippen LogP contribution in [0, 0.1) is 26.1 Å². The molecule has 9 nitrogen and oxygen atoms in total. The number of nitrogens with zero attached hydrogens (tertiary/aromatic N) is 2. The highest BCUT2D eigenvalue weighted by Gasteiger charge is 2.59. The van der Waals surface area contributed by atoms with E-state index >= 15 is 0 Å². The number of nitro groups is 2. The molecule has 0 aromatic carbocycles. The summed E-state index contributed by atoms with van der Waals surface area (Å²) in [5.74, 6) is -3.97. The van der Waals surface area contributed by atoms with Gasteiger partial charge in [-0.1, -0.05) is 0 Å². The molecule has 0 aliphatic heterocycles. The van der Waals surface area contributed by atoms with Gasteiger partial charge in [0.05, 0.1) is 23.0 Å². The number of allylic oxidation sites excluding steroid dienone is 1. The van der Waals surface area contributed by atoms with Crippen molar-refractivity contribution in [3.05, 3.63) is 43.8 Å². The summed E-state index contributed by atoms with van der Waals surface area (Å²) in [4.78, 5) is 30.2. The second-order valence-electron chi connectivity index (χ2n) is 3.50. The summed E-state index contributed by atoms with van der Waals surface area (Å²) < 4.78 is 0. The molecule has 2 unspecified atom stereocenters. The van der Waals surface area contributed by atoms with Gasteiger partial charge in [-0.3, -0.25) is 20.2 Å². The van der Waals surface area contributed by atoms with E-state index in [0.29, 0.717) is 12.2 Å². The molecule has 0 amide bonds. The molecule has 1 rings (SSSR count). The average molecular weight is 244 g/mol. The van der Waals surface area contributed by atoms with Crippen LogP contribution in [-0.4, -0.2) is 31.6 Å². The Morgan fingerprint density at radius 3 is 2.35 bits per heavy atom. The Bertz CT molecular complexity index is 450. The molecule has 2 N–H and O–H groups in total. The highest BCUT2D eigenvalue weighted by Crippen LogP contribution is 2.34. The fraction of sp³-hybridized carbons (Fsp3) is 0.375. The first-order chi connectivity index (χ1) is 7.73. The molecule has 0 fully saturated rings. The number of aliphatic hydroxyl groups excluding tert-OH is 1. The standard InChI is InChI=1S/C8H8N2O7/c1-4-6(11)2-5(9(14)15)3-8(4,7(12)13)10(16)17/h2-4,11H,1H3,(H,12,13). The maximum absolute atomic E-state index is 11.0. The predicted octanol–water partition coefficient (Wildman–Crippen LogP) is 0.339. The Balaban J connectivity index is 3.50. The fourth-order valence-electron chi connectivity index (χ4n) is 1.54. The molecular formula is C8H8N2O7. The molecule has 0 radical (unpaired) electrons. The van der Waals surface area contributed by atoms with Crippen molar-refractivity contribution >= 4 is 5.97 Å². The Kier molecular flexibility index (Phi) is 2.86. The summed E-state index contributed by atoms with van der Waals surface area (Å²) in [6.45, 7) is 1.11. The van der Waals surface area contributed by atoms with Crippen molar-refractivity contribution in [2.75, 3.05) is 0 Å². The first kappa shape index (κ1) is 12.6. The second-order valence-corrected chi connectivity index (χ2v) is 3.50. The fourth-order valence-corrected chi connectivity index (χ4v) is 1.54. The highest BCUT2D eigenvalue weighted by molar-refractivity contribution is 5.81. The number of aliphatic carboxylic acids is 1. The maximum Gasteiger partial charge on any atom is 0.387 e. The SMILES string of the molecule is CC1C(O)=CC([N+](=O)[O-])=CC1(C(=O)O)[N+](=O)[O-]. The summed E-state index contributed by atoms with van der Waals surface area (Å²) >= 11 is 0. The van der Waals surface area contributed by atoms with Crippen molar-refractivity contribution in [1.29, 1.82) is 0 Å². The third kappa shape index (κ3) is 1.71. The van der Waals surface area contributed by atoms with Gasteiger partial charge in [-0.15, -0.1) is 0 Å². The number of carboxylic acid groups (broad SMARTS) is 1. The lowest BCUT2D eigenvalue weighted by molar-refractivity contribution is -0.551. The lowest BCUT2D eigenvalue weighted by Gasteiger charge is -2.25. The third-order valence-corrected chi connectivity index (χ3v) is 2.62. The van der Waals surface area contributed by atoms with Gasteiger partial charge in [-0.25, -0.2) is 4.79 Å². The van der Waals surface area contributed by atoms with E-state index in [1.807, 2.05) is 0 Å². The number of hydrogen-bond acceptors (Lipinski definition) is 6. The van der Waals surface area contributed by atoms with E-state index in [-0.39, 0.29) is 0 Å². The number of hydrogen-bond donors (Lipinski definition) is 2. The first-order valence-corrected chi connectivity index (χ1v) is 4.39. The molecule has 0 aromatic heterocycles. The van der Waals surface area contributed by atoms with E-state index in [2.05, 4.69) is 0 Å². The number of aliphatic hydroxyl groups is 1. The Morgan fingerprint density at radius 1 is 1.47 bits per heavy atom. The van der Waals surface area contributed by atoms with Crippen LogP contribution < -0.4 is 0 Å². The van der Waals surface area contributed by atoms with Crippen molar-refractivity contribution in [3.8, 4) is 0 Å². The van der Waals surface area contributed by atoms with Crippen LogP contribution >= 0.6 is 0 Å². The summed E-state index contributed by atoms with van der Waals surface area (Å²) in [5, 5.41) is 39.6. The van der Waals surface area contributed by atoms with Crippen LogP contribution in [0.25, 0.3) is 0 Å². The Labute approximate surface area is 94.0 Å². The van der Waals surface area contributed by atoms with Gasteiger partial charge in [-0.05, 0) is 6.92 Å². The quantitative estimate of drug-likeness (QED) is 0.537. The van der Waals surface area contributed by atoms with E-state index in [0.717, 1.165) is 6.92 Å². The first-order valence-electron chi connectivity index (χ1n) is 4.39. The van der Waals surface area contributed by atoms with Crippen LogP contribution in [-0.2, 0) is 4.79 Å². The van der Waals surface area contributed by atoms with Crippen LogP contribution in [0.15, 0.2) is 23.6 Å². The maximum atomic E-state index is 11.0. The minimum absolute atomic E-state index is 0.430. The number of carboxylic acids is 1. The second kappa shape index (κ2) is 3.85. The van der Waals surface area contributed by atoms with Gasteiger partial charge in [-0.2, -0.15) is 0 Å². The zero-order chi connectivity index (χ0) is 13.4. The molecule has 0 aromatic rings. The molecule has 0 bridgehead atoms. The Morgan fingerprint density at radius 2 is 2.00 bits per heavy atom. The van der Waals surface area contributed by atoms with Gasteiger partial charge >= 0.3 is 11.5 Å². The number of carbonyl (C=O) groups is 1.